The first-order chi connectivity index (χ1) is 16.3. The molecule has 0 saturated heterocycles. The molecule has 0 radical (unpaired) electrons. The predicted molar refractivity (Wildman–Crippen MR) is 137 cm³/mol. The molecule has 0 spiro atoms. The van der Waals surface area contributed by atoms with Crippen molar-refractivity contribution in [3.05, 3.63) is 65.0 Å². The van der Waals surface area contributed by atoms with Crippen LogP contribution in [0.1, 0.15) is 43.9 Å². The van der Waals surface area contributed by atoms with Crippen molar-refractivity contribution in [1.82, 2.24) is 10.2 Å². The average molecular weight is 506 g/mol. The van der Waals surface area contributed by atoms with Crippen LogP contribution in [0.25, 0.3) is 0 Å². The lowest BCUT2D eigenvalue weighted by molar-refractivity contribution is -0.140. The van der Waals surface area contributed by atoms with Crippen molar-refractivity contribution in [2.24, 2.45) is 5.92 Å². The molecule has 1 atom stereocenters. The van der Waals surface area contributed by atoms with Gasteiger partial charge in [-0.15, -0.1) is 0 Å². The minimum atomic E-state index is -3.80. The zero-order valence-electron chi connectivity index (χ0n) is 21.3. The molecule has 0 unspecified atom stereocenters. The number of carbonyl (C=O) groups is 2. The van der Waals surface area contributed by atoms with Gasteiger partial charge in [-0.25, -0.2) is 12.8 Å². The van der Waals surface area contributed by atoms with E-state index in [9.17, 15) is 22.4 Å². The second kappa shape index (κ2) is 12.2. The Balaban J connectivity index is 2.44. The number of benzene rings is 2. The molecule has 0 fully saturated rings. The normalized spacial score (nSPS) is 12.3. The van der Waals surface area contributed by atoms with Crippen LogP contribution in [0.3, 0.4) is 0 Å². The van der Waals surface area contributed by atoms with Crippen LogP contribution in [0.15, 0.2) is 42.5 Å². The van der Waals surface area contributed by atoms with E-state index < -0.39 is 34.3 Å². The minimum Gasteiger partial charge on any atom is -0.354 e. The van der Waals surface area contributed by atoms with Gasteiger partial charge in [0, 0.05) is 13.1 Å². The van der Waals surface area contributed by atoms with Gasteiger partial charge in [-0.2, -0.15) is 0 Å². The lowest BCUT2D eigenvalue weighted by Gasteiger charge is -2.33. The van der Waals surface area contributed by atoms with Crippen LogP contribution in [0, 0.1) is 25.6 Å². The lowest BCUT2D eigenvalue weighted by atomic mass is 10.1. The molecule has 7 nitrogen and oxygen atoms in total. The molecule has 2 amide bonds. The molecule has 0 aliphatic carbocycles. The van der Waals surface area contributed by atoms with Gasteiger partial charge in [-0.3, -0.25) is 13.9 Å². The van der Waals surface area contributed by atoms with Gasteiger partial charge in [0.25, 0.3) is 0 Å². The summed E-state index contributed by atoms with van der Waals surface area (Å²) >= 11 is 0. The number of sulfonamides is 1. The number of hydrogen-bond donors (Lipinski definition) is 1. The first-order valence-corrected chi connectivity index (χ1v) is 13.5. The molecule has 0 aliphatic heterocycles. The summed E-state index contributed by atoms with van der Waals surface area (Å²) in [6.45, 7) is 9.45. The molecule has 0 bridgehead atoms. The van der Waals surface area contributed by atoms with E-state index in [0.29, 0.717) is 24.2 Å². The summed E-state index contributed by atoms with van der Waals surface area (Å²) in [5.74, 6) is -1.02. The number of amides is 2. The minimum absolute atomic E-state index is 0.0389. The van der Waals surface area contributed by atoms with Gasteiger partial charge < -0.3 is 10.2 Å². The van der Waals surface area contributed by atoms with Crippen molar-refractivity contribution >= 4 is 27.5 Å². The zero-order valence-corrected chi connectivity index (χ0v) is 22.2. The topological polar surface area (TPSA) is 86.8 Å². The average Bonchev–Trinajstić information content (AvgIpc) is 2.76. The fourth-order valence-electron chi connectivity index (χ4n) is 3.81. The molecule has 0 aromatic heterocycles. The SMILES string of the molecule is CC[C@H](C(=O)NCC(C)C)N(Cc1ccc(F)cc1)C(=O)CN(c1ccc(C)cc1C)S(C)(=O)=O. The molecule has 2 aromatic carbocycles. The molecule has 2 rings (SSSR count). The van der Waals surface area contributed by atoms with Crippen LogP contribution in [-0.4, -0.2) is 50.5 Å². The Bertz CT molecular complexity index is 1130. The second-order valence-corrected chi connectivity index (χ2v) is 11.2. The van der Waals surface area contributed by atoms with E-state index in [4.69, 9.17) is 0 Å². The Morgan fingerprint density at radius 3 is 2.20 bits per heavy atom. The Labute approximate surface area is 208 Å². The Kier molecular flexibility index (Phi) is 9.82. The third-order valence-corrected chi connectivity index (χ3v) is 6.76. The number of hydrogen-bond acceptors (Lipinski definition) is 4. The lowest BCUT2D eigenvalue weighted by Crippen LogP contribution is -2.52. The number of rotatable bonds is 11. The van der Waals surface area contributed by atoms with Crippen molar-refractivity contribution in [3.63, 3.8) is 0 Å². The summed E-state index contributed by atoms with van der Waals surface area (Å²) in [6.07, 6.45) is 1.38. The summed E-state index contributed by atoms with van der Waals surface area (Å²) in [7, 11) is -3.80. The van der Waals surface area contributed by atoms with Crippen molar-refractivity contribution < 1.29 is 22.4 Å². The maximum Gasteiger partial charge on any atom is 0.244 e. The highest BCUT2D eigenvalue weighted by molar-refractivity contribution is 7.92. The van der Waals surface area contributed by atoms with Crippen LogP contribution in [0.4, 0.5) is 10.1 Å². The molecule has 9 heteroatoms. The van der Waals surface area contributed by atoms with E-state index in [1.54, 1.807) is 38.1 Å². The Morgan fingerprint density at radius 2 is 1.69 bits per heavy atom. The number of nitrogens with one attached hydrogen (secondary N) is 1. The molecule has 0 heterocycles. The van der Waals surface area contributed by atoms with Gasteiger partial charge in [0.05, 0.1) is 11.9 Å². The van der Waals surface area contributed by atoms with Gasteiger partial charge >= 0.3 is 0 Å². The molecule has 2 aromatic rings. The van der Waals surface area contributed by atoms with Crippen molar-refractivity contribution in [1.29, 1.82) is 0 Å². The van der Waals surface area contributed by atoms with E-state index in [-0.39, 0.29) is 18.4 Å². The van der Waals surface area contributed by atoms with Crippen LogP contribution in [0.5, 0.6) is 0 Å². The second-order valence-electron chi connectivity index (χ2n) is 9.27. The van der Waals surface area contributed by atoms with Crippen molar-refractivity contribution in [2.75, 3.05) is 23.7 Å². The first-order valence-electron chi connectivity index (χ1n) is 11.7. The van der Waals surface area contributed by atoms with Gasteiger partial charge in [0.1, 0.15) is 18.4 Å². The number of aryl methyl sites for hydroxylation is 2. The largest absolute Gasteiger partial charge is 0.354 e. The van der Waals surface area contributed by atoms with Gasteiger partial charge in [0.2, 0.25) is 21.8 Å². The van der Waals surface area contributed by atoms with Crippen LogP contribution in [-0.2, 0) is 26.2 Å². The summed E-state index contributed by atoms with van der Waals surface area (Å²) in [4.78, 5) is 28.0. The highest BCUT2D eigenvalue weighted by atomic mass is 32.2. The maximum absolute atomic E-state index is 13.6. The molecule has 1 N–H and O–H groups in total. The van der Waals surface area contributed by atoms with Gasteiger partial charge in [-0.1, -0.05) is 50.6 Å². The quantitative estimate of drug-likeness (QED) is 0.504. The van der Waals surface area contributed by atoms with E-state index in [2.05, 4.69) is 5.32 Å². The third kappa shape index (κ3) is 8.06. The molecule has 35 heavy (non-hydrogen) atoms. The molecule has 0 aliphatic rings. The van der Waals surface area contributed by atoms with E-state index in [0.717, 1.165) is 21.7 Å². The monoisotopic (exact) mass is 505 g/mol. The molecular weight excluding hydrogens is 469 g/mol. The van der Waals surface area contributed by atoms with Crippen LogP contribution >= 0.6 is 0 Å². The highest BCUT2D eigenvalue weighted by Crippen LogP contribution is 2.24. The number of nitrogens with zero attached hydrogens (tertiary/aromatic N) is 2. The summed E-state index contributed by atoms with van der Waals surface area (Å²) < 4.78 is 39.9. The molecular formula is C26H36FN3O4S. The Hall–Kier alpha value is -2.94. The number of halogens is 1. The van der Waals surface area contributed by atoms with E-state index >= 15 is 0 Å². The van der Waals surface area contributed by atoms with E-state index in [1.165, 1.54) is 17.0 Å². The Morgan fingerprint density at radius 1 is 1.06 bits per heavy atom. The van der Waals surface area contributed by atoms with Gasteiger partial charge in [-0.05, 0) is 55.5 Å². The van der Waals surface area contributed by atoms with Gasteiger partial charge in [0.15, 0.2) is 0 Å². The number of carbonyl (C=O) groups excluding carboxylic acids is 2. The summed E-state index contributed by atoms with van der Waals surface area (Å²) in [5.41, 5.74) is 2.73. The summed E-state index contributed by atoms with van der Waals surface area (Å²) in [5, 5.41) is 2.87. The van der Waals surface area contributed by atoms with Crippen LogP contribution in [0.2, 0.25) is 0 Å². The smallest absolute Gasteiger partial charge is 0.244 e. The standard InChI is InChI=1S/C26H36FN3O4S/c1-7-23(26(32)28-15-18(2)3)29(16-21-9-11-22(27)12-10-21)25(31)17-30(35(6,33)34)24-13-8-19(4)14-20(24)5/h8-14,18,23H,7,15-17H2,1-6H3,(H,28,32)/t23-/m1/s1. The highest BCUT2D eigenvalue weighted by Gasteiger charge is 2.32. The van der Waals surface area contributed by atoms with Crippen molar-refractivity contribution in [3.8, 4) is 0 Å². The third-order valence-electron chi connectivity index (χ3n) is 5.64. The summed E-state index contributed by atoms with van der Waals surface area (Å²) in [6, 6.07) is 10.2. The molecule has 192 valence electrons. The fourth-order valence-corrected chi connectivity index (χ4v) is 4.72. The number of anilines is 1. The maximum atomic E-state index is 13.6. The van der Waals surface area contributed by atoms with E-state index in [1.807, 2.05) is 26.8 Å². The zero-order chi connectivity index (χ0) is 26.3. The fraction of sp³-hybridized carbons (Fsp3) is 0.462. The predicted octanol–water partition coefficient (Wildman–Crippen LogP) is 3.79. The first kappa shape index (κ1) is 28.3. The van der Waals surface area contributed by atoms with Crippen molar-refractivity contribution in [2.45, 2.75) is 53.6 Å². The van der Waals surface area contributed by atoms with Crippen LogP contribution < -0.4 is 9.62 Å². The molecule has 0 saturated carbocycles.